The summed E-state index contributed by atoms with van der Waals surface area (Å²) in [6, 6.07) is 2.05. The number of halogens is 1. The Labute approximate surface area is 118 Å². The number of pyridine rings is 1. The van der Waals surface area contributed by atoms with E-state index in [4.69, 9.17) is 0 Å². The lowest BCUT2D eigenvalue weighted by molar-refractivity contribution is -0.0575. The fourth-order valence-corrected chi connectivity index (χ4v) is 4.18. The smallest absolute Gasteiger partial charge is 0.0696 e. The zero-order chi connectivity index (χ0) is 13.4. The van der Waals surface area contributed by atoms with Crippen molar-refractivity contribution in [3.05, 3.63) is 28.5 Å². The van der Waals surface area contributed by atoms with Gasteiger partial charge < -0.3 is 5.11 Å². The summed E-state index contributed by atoms with van der Waals surface area (Å²) in [4.78, 5) is 4.18. The van der Waals surface area contributed by atoms with Crippen molar-refractivity contribution >= 4 is 15.9 Å². The standard InChI is InChI=1S/C15H22BrNO/c1-11-5-14(2,3)10-15(18,6-11)7-12-4-13(16)9-17-8-12/h4,8-9,11,18H,5-7,10H2,1-3H3. The van der Waals surface area contributed by atoms with Gasteiger partial charge in [0.05, 0.1) is 5.60 Å². The lowest BCUT2D eigenvalue weighted by Crippen LogP contribution is -2.43. The maximum absolute atomic E-state index is 10.9. The van der Waals surface area contributed by atoms with Gasteiger partial charge in [0.15, 0.2) is 0 Å². The van der Waals surface area contributed by atoms with Gasteiger partial charge in [0.25, 0.3) is 0 Å². The molecule has 1 aromatic heterocycles. The molecule has 0 radical (unpaired) electrons. The fraction of sp³-hybridized carbons (Fsp3) is 0.667. The van der Waals surface area contributed by atoms with E-state index in [1.54, 1.807) is 6.20 Å². The molecule has 2 atom stereocenters. The number of aliphatic hydroxyl groups is 1. The summed E-state index contributed by atoms with van der Waals surface area (Å²) < 4.78 is 0.978. The molecule has 18 heavy (non-hydrogen) atoms. The van der Waals surface area contributed by atoms with E-state index in [1.165, 1.54) is 6.42 Å². The van der Waals surface area contributed by atoms with Gasteiger partial charge in [0, 0.05) is 23.3 Å². The second-order valence-corrected chi connectivity index (χ2v) is 7.68. The lowest BCUT2D eigenvalue weighted by Gasteiger charge is -2.44. The summed E-state index contributed by atoms with van der Waals surface area (Å²) >= 11 is 3.43. The average molecular weight is 312 g/mol. The van der Waals surface area contributed by atoms with Crippen LogP contribution in [-0.4, -0.2) is 15.7 Å². The van der Waals surface area contributed by atoms with Crippen molar-refractivity contribution in [2.75, 3.05) is 0 Å². The van der Waals surface area contributed by atoms with E-state index < -0.39 is 5.60 Å². The molecule has 0 bridgehead atoms. The van der Waals surface area contributed by atoms with Crippen LogP contribution in [0.3, 0.4) is 0 Å². The van der Waals surface area contributed by atoms with E-state index >= 15 is 0 Å². The van der Waals surface area contributed by atoms with Crippen molar-refractivity contribution in [3.63, 3.8) is 0 Å². The fourth-order valence-electron chi connectivity index (χ4n) is 3.77. The highest BCUT2D eigenvalue weighted by Gasteiger charge is 2.41. The predicted octanol–water partition coefficient (Wildman–Crippen LogP) is 3.96. The quantitative estimate of drug-likeness (QED) is 0.896. The molecule has 0 aliphatic heterocycles. The van der Waals surface area contributed by atoms with Crippen LogP contribution < -0.4 is 0 Å². The second kappa shape index (κ2) is 4.93. The Morgan fingerprint density at radius 1 is 1.39 bits per heavy atom. The largest absolute Gasteiger partial charge is 0.390 e. The first-order valence-electron chi connectivity index (χ1n) is 6.60. The van der Waals surface area contributed by atoms with Crippen LogP contribution in [0.1, 0.15) is 45.6 Å². The highest BCUT2D eigenvalue weighted by Crippen LogP contribution is 2.45. The normalized spacial score (nSPS) is 31.3. The van der Waals surface area contributed by atoms with Crippen LogP contribution in [0.2, 0.25) is 0 Å². The first-order chi connectivity index (χ1) is 8.28. The average Bonchev–Trinajstić information content (AvgIpc) is 2.11. The van der Waals surface area contributed by atoms with E-state index in [9.17, 15) is 5.11 Å². The van der Waals surface area contributed by atoms with Gasteiger partial charge in [-0.1, -0.05) is 20.8 Å². The summed E-state index contributed by atoms with van der Waals surface area (Å²) in [5.41, 5.74) is 0.756. The molecule has 0 spiro atoms. The number of nitrogens with zero attached hydrogens (tertiary/aromatic N) is 1. The summed E-state index contributed by atoms with van der Waals surface area (Å²) in [5.74, 6) is 0.582. The summed E-state index contributed by atoms with van der Waals surface area (Å²) in [6.07, 6.45) is 7.30. The minimum absolute atomic E-state index is 0.228. The van der Waals surface area contributed by atoms with E-state index in [0.29, 0.717) is 12.3 Å². The molecule has 1 aliphatic carbocycles. The van der Waals surface area contributed by atoms with E-state index in [-0.39, 0.29) is 5.41 Å². The third-order valence-electron chi connectivity index (χ3n) is 3.73. The zero-order valence-corrected chi connectivity index (χ0v) is 13.0. The molecule has 1 aliphatic rings. The van der Waals surface area contributed by atoms with Crippen LogP contribution >= 0.6 is 15.9 Å². The molecule has 3 heteroatoms. The van der Waals surface area contributed by atoms with E-state index in [1.807, 2.05) is 6.20 Å². The molecule has 0 aromatic carbocycles. The number of rotatable bonds is 2. The topological polar surface area (TPSA) is 33.1 Å². The van der Waals surface area contributed by atoms with Gasteiger partial charge in [-0.3, -0.25) is 4.98 Å². The molecule has 1 N–H and O–H groups in total. The maximum atomic E-state index is 10.9. The van der Waals surface area contributed by atoms with Crippen molar-refractivity contribution < 1.29 is 5.11 Å². The SMILES string of the molecule is CC1CC(C)(C)CC(O)(Cc2cncc(Br)c2)C1. The van der Waals surface area contributed by atoms with Crippen molar-refractivity contribution in [1.29, 1.82) is 0 Å². The zero-order valence-electron chi connectivity index (χ0n) is 11.4. The van der Waals surface area contributed by atoms with Crippen molar-refractivity contribution in [3.8, 4) is 0 Å². The molecule has 0 saturated heterocycles. The van der Waals surface area contributed by atoms with Crippen molar-refractivity contribution in [2.24, 2.45) is 11.3 Å². The summed E-state index contributed by atoms with van der Waals surface area (Å²) in [6.45, 7) is 6.75. The second-order valence-electron chi connectivity index (χ2n) is 6.77. The first-order valence-corrected chi connectivity index (χ1v) is 7.39. The van der Waals surface area contributed by atoms with Gasteiger partial charge in [0.1, 0.15) is 0 Å². The van der Waals surface area contributed by atoms with Gasteiger partial charge in [-0.05, 0) is 58.2 Å². The molecule has 1 saturated carbocycles. The third kappa shape index (κ3) is 3.55. The van der Waals surface area contributed by atoms with Gasteiger partial charge in [-0.2, -0.15) is 0 Å². The van der Waals surface area contributed by atoms with Gasteiger partial charge in [0.2, 0.25) is 0 Å². The third-order valence-corrected chi connectivity index (χ3v) is 4.17. The number of aromatic nitrogens is 1. The Morgan fingerprint density at radius 2 is 2.11 bits per heavy atom. The molecule has 2 nitrogen and oxygen atoms in total. The molecular formula is C15H22BrNO. The molecule has 1 aromatic rings. The molecule has 2 unspecified atom stereocenters. The van der Waals surface area contributed by atoms with Crippen LogP contribution in [0, 0.1) is 11.3 Å². The molecule has 100 valence electrons. The van der Waals surface area contributed by atoms with E-state index in [2.05, 4.69) is 47.8 Å². The highest BCUT2D eigenvalue weighted by molar-refractivity contribution is 9.10. The van der Waals surface area contributed by atoms with Crippen LogP contribution in [0.25, 0.3) is 0 Å². The predicted molar refractivity (Wildman–Crippen MR) is 77.4 cm³/mol. The van der Waals surface area contributed by atoms with Crippen LogP contribution in [0.15, 0.2) is 22.9 Å². The Morgan fingerprint density at radius 3 is 2.72 bits per heavy atom. The number of hydrogen-bond acceptors (Lipinski definition) is 2. The van der Waals surface area contributed by atoms with Crippen LogP contribution in [-0.2, 0) is 6.42 Å². The summed E-state index contributed by atoms with van der Waals surface area (Å²) in [5, 5.41) is 10.9. The molecular weight excluding hydrogens is 290 g/mol. The van der Waals surface area contributed by atoms with E-state index in [0.717, 1.165) is 22.9 Å². The van der Waals surface area contributed by atoms with Crippen LogP contribution in [0.4, 0.5) is 0 Å². The van der Waals surface area contributed by atoms with Gasteiger partial charge in [-0.15, -0.1) is 0 Å². The molecule has 1 heterocycles. The van der Waals surface area contributed by atoms with Crippen molar-refractivity contribution in [2.45, 2.75) is 52.1 Å². The molecule has 0 amide bonds. The Bertz CT molecular complexity index is 432. The highest BCUT2D eigenvalue weighted by atomic mass is 79.9. The maximum Gasteiger partial charge on any atom is 0.0696 e. The molecule has 2 rings (SSSR count). The number of hydrogen-bond donors (Lipinski definition) is 1. The summed E-state index contributed by atoms with van der Waals surface area (Å²) in [7, 11) is 0. The van der Waals surface area contributed by atoms with Crippen LogP contribution in [0.5, 0.6) is 0 Å². The van der Waals surface area contributed by atoms with Gasteiger partial charge >= 0.3 is 0 Å². The van der Waals surface area contributed by atoms with Crippen molar-refractivity contribution in [1.82, 2.24) is 4.98 Å². The Kier molecular flexibility index (Phi) is 3.84. The molecule has 1 fully saturated rings. The minimum atomic E-state index is -0.580. The Balaban J connectivity index is 2.16. The minimum Gasteiger partial charge on any atom is -0.390 e. The lowest BCUT2D eigenvalue weighted by atomic mass is 9.64. The first kappa shape index (κ1) is 14.0. The van der Waals surface area contributed by atoms with Gasteiger partial charge in [-0.25, -0.2) is 0 Å². The monoisotopic (exact) mass is 311 g/mol. The Hall–Kier alpha value is -0.410.